The zero-order chi connectivity index (χ0) is 26.7. The summed E-state index contributed by atoms with van der Waals surface area (Å²) in [5, 5.41) is 12.9. The fourth-order valence-corrected chi connectivity index (χ4v) is 7.16. The number of aromatic amines is 1. The summed E-state index contributed by atoms with van der Waals surface area (Å²) in [5.74, 6) is 1.45. The van der Waals surface area contributed by atoms with Gasteiger partial charge < -0.3 is 10.1 Å². The zero-order valence-corrected chi connectivity index (χ0v) is 23.1. The highest BCUT2D eigenvalue weighted by Gasteiger charge is 2.54. The second-order valence-electron chi connectivity index (χ2n) is 10.3. The van der Waals surface area contributed by atoms with Crippen molar-refractivity contribution in [3.63, 3.8) is 0 Å². The molecule has 1 aliphatic heterocycles. The minimum Gasteiger partial charge on any atom is -0.486 e. The van der Waals surface area contributed by atoms with E-state index in [0.717, 1.165) is 40.8 Å². The molecule has 2 N–H and O–H groups in total. The summed E-state index contributed by atoms with van der Waals surface area (Å²) in [6, 6.07) is 9.96. The molecule has 1 aromatic carbocycles. The van der Waals surface area contributed by atoms with Crippen molar-refractivity contribution in [2.24, 2.45) is 5.41 Å². The van der Waals surface area contributed by atoms with Crippen LogP contribution in [0, 0.1) is 5.41 Å². The van der Waals surface area contributed by atoms with E-state index in [1.54, 1.807) is 22.9 Å². The maximum atomic E-state index is 11.6. The fourth-order valence-electron chi connectivity index (χ4n) is 5.47. The first-order valence-corrected chi connectivity index (χ1v) is 14.8. The van der Waals surface area contributed by atoms with Crippen molar-refractivity contribution in [1.82, 2.24) is 24.5 Å². The van der Waals surface area contributed by atoms with Gasteiger partial charge in [-0.1, -0.05) is 23.2 Å². The van der Waals surface area contributed by atoms with Crippen LogP contribution in [0.15, 0.2) is 48.9 Å². The van der Waals surface area contributed by atoms with Gasteiger partial charge in [0.05, 0.1) is 21.8 Å². The van der Waals surface area contributed by atoms with E-state index in [0.29, 0.717) is 40.5 Å². The second-order valence-corrected chi connectivity index (χ2v) is 13.1. The van der Waals surface area contributed by atoms with Gasteiger partial charge in [0.25, 0.3) is 0 Å². The van der Waals surface area contributed by atoms with Gasteiger partial charge in [-0.2, -0.15) is 5.10 Å². The normalized spacial score (nSPS) is 18.2. The number of aromatic nitrogens is 4. The number of halogens is 2. The molecule has 38 heavy (non-hydrogen) atoms. The summed E-state index contributed by atoms with van der Waals surface area (Å²) in [7, 11) is -3.09. The van der Waals surface area contributed by atoms with E-state index in [2.05, 4.69) is 25.5 Å². The van der Waals surface area contributed by atoms with Crippen molar-refractivity contribution in [3.8, 4) is 17.0 Å². The Bertz CT molecular complexity index is 1590. The zero-order valence-electron chi connectivity index (χ0n) is 20.8. The molecule has 2 fully saturated rings. The smallest absolute Gasteiger partial charge is 0.211 e. The van der Waals surface area contributed by atoms with Crippen LogP contribution in [0.3, 0.4) is 0 Å². The Morgan fingerprint density at radius 3 is 2.53 bits per heavy atom. The highest BCUT2D eigenvalue weighted by Crippen LogP contribution is 2.50. The Hall–Kier alpha value is -2.92. The summed E-state index contributed by atoms with van der Waals surface area (Å²) >= 11 is 12.6. The first kappa shape index (κ1) is 25.4. The molecule has 1 spiro atoms. The SMILES string of the molecule is C[C@@H](Oc1ccc2[nH]nc(-c3ccc(NC4CC5(C4)CN(S(C)(=O)=O)C5)nc3)c2c1)c1c(Cl)cncc1Cl. The Balaban J connectivity index is 1.13. The molecule has 9 nitrogen and oxygen atoms in total. The van der Waals surface area contributed by atoms with Crippen LogP contribution in [0.1, 0.15) is 31.4 Å². The number of H-pyrrole nitrogens is 1. The number of anilines is 1. The molecule has 198 valence electrons. The maximum absolute atomic E-state index is 11.6. The van der Waals surface area contributed by atoms with E-state index in [4.69, 9.17) is 27.9 Å². The maximum Gasteiger partial charge on any atom is 0.211 e. The van der Waals surface area contributed by atoms with Gasteiger partial charge >= 0.3 is 0 Å². The summed E-state index contributed by atoms with van der Waals surface area (Å²) < 4.78 is 31.0. The lowest BCUT2D eigenvalue weighted by molar-refractivity contribution is -0.0170. The lowest BCUT2D eigenvalue weighted by atomic mass is 9.61. The number of nitrogens with one attached hydrogen (secondary N) is 2. The molecule has 0 amide bonds. The van der Waals surface area contributed by atoms with Crippen molar-refractivity contribution < 1.29 is 13.2 Å². The molecule has 3 aromatic heterocycles. The third-order valence-electron chi connectivity index (χ3n) is 7.38. The molecule has 6 rings (SSSR count). The number of benzene rings is 1. The lowest BCUT2D eigenvalue weighted by Gasteiger charge is -2.58. The molecule has 0 unspecified atom stereocenters. The third-order valence-corrected chi connectivity index (χ3v) is 9.18. The van der Waals surface area contributed by atoms with E-state index in [9.17, 15) is 8.42 Å². The minimum absolute atomic E-state index is 0.125. The summed E-state index contributed by atoms with van der Waals surface area (Å²) in [5.41, 5.74) is 3.34. The number of ether oxygens (including phenoxy) is 1. The van der Waals surface area contributed by atoms with Gasteiger partial charge in [-0.15, -0.1) is 0 Å². The number of nitrogens with zero attached hydrogens (tertiary/aromatic N) is 4. The topological polar surface area (TPSA) is 113 Å². The number of fused-ring (bicyclic) bond motifs is 1. The summed E-state index contributed by atoms with van der Waals surface area (Å²) in [4.78, 5) is 8.60. The van der Waals surface area contributed by atoms with Crippen LogP contribution in [-0.2, 0) is 10.0 Å². The van der Waals surface area contributed by atoms with E-state index in [1.807, 2.05) is 37.3 Å². The van der Waals surface area contributed by atoms with Crippen LogP contribution >= 0.6 is 23.2 Å². The number of hydrogen-bond donors (Lipinski definition) is 2. The average molecular weight is 574 g/mol. The first-order chi connectivity index (χ1) is 18.1. The van der Waals surface area contributed by atoms with Gasteiger partial charge in [0, 0.05) is 59.7 Å². The molecule has 12 heteroatoms. The van der Waals surface area contributed by atoms with Gasteiger partial charge in [-0.3, -0.25) is 10.1 Å². The molecular weight excluding hydrogens is 547 g/mol. The third kappa shape index (κ3) is 4.70. The number of rotatable bonds is 7. The van der Waals surface area contributed by atoms with Crippen LogP contribution in [0.2, 0.25) is 10.0 Å². The standard InChI is InChI=1S/C26H26Cl2N6O3S/c1-15(24-20(27)11-29-12-21(24)28)37-18-4-5-22-19(7-18)25(33-32-22)16-3-6-23(30-10-16)31-17-8-26(9-17)13-34(14-26)38(2,35)36/h3-7,10-12,15,17H,8-9,13-14H2,1-2H3,(H,30,31)(H,32,33)/t15-/m1/s1. The van der Waals surface area contributed by atoms with Crippen LogP contribution in [0.4, 0.5) is 5.82 Å². The molecule has 1 aliphatic carbocycles. The second kappa shape index (κ2) is 9.37. The van der Waals surface area contributed by atoms with E-state index < -0.39 is 10.0 Å². The molecule has 2 aliphatic rings. The largest absolute Gasteiger partial charge is 0.486 e. The van der Waals surface area contributed by atoms with Gasteiger partial charge in [0.15, 0.2) is 0 Å². The highest BCUT2D eigenvalue weighted by atomic mass is 35.5. The molecule has 4 heterocycles. The molecule has 1 saturated heterocycles. The van der Waals surface area contributed by atoms with Crippen LogP contribution in [0.5, 0.6) is 5.75 Å². The van der Waals surface area contributed by atoms with Crippen molar-refractivity contribution in [2.45, 2.75) is 31.9 Å². The Morgan fingerprint density at radius 2 is 1.87 bits per heavy atom. The predicted molar refractivity (Wildman–Crippen MR) is 148 cm³/mol. The molecule has 4 aromatic rings. The van der Waals surface area contributed by atoms with Crippen LogP contribution < -0.4 is 10.1 Å². The molecular formula is C26H26Cl2N6O3S. The first-order valence-electron chi connectivity index (χ1n) is 12.2. The summed E-state index contributed by atoms with van der Waals surface area (Å²) in [6.07, 6.45) is 7.69. The van der Waals surface area contributed by atoms with Crippen molar-refractivity contribution in [2.75, 3.05) is 24.7 Å². The Morgan fingerprint density at radius 1 is 1.13 bits per heavy atom. The van der Waals surface area contributed by atoms with Crippen LogP contribution in [0.25, 0.3) is 22.2 Å². The highest BCUT2D eigenvalue weighted by molar-refractivity contribution is 7.88. The van der Waals surface area contributed by atoms with E-state index in [1.165, 1.54) is 6.26 Å². The van der Waals surface area contributed by atoms with Gasteiger partial charge in [-0.25, -0.2) is 17.7 Å². The van der Waals surface area contributed by atoms with Gasteiger partial charge in [0.2, 0.25) is 10.0 Å². The van der Waals surface area contributed by atoms with Gasteiger partial charge in [-0.05, 0) is 50.1 Å². The molecule has 0 radical (unpaired) electrons. The van der Waals surface area contributed by atoms with Crippen molar-refractivity contribution in [1.29, 1.82) is 0 Å². The van der Waals surface area contributed by atoms with Crippen molar-refractivity contribution in [3.05, 3.63) is 64.5 Å². The van der Waals surface area contributed by atoms with Gasteiger partial charge in [0.1, 0.15) is 23.4 Å². The van der Waals surface area contributed by atoms with E-state index >= 15 is 0 Å². The predicted octanol–water partition coefficient (Wildman–Crippen LogP) is 5.30. The lowest BCUT2D eigenvalue weighted by Crippen LogP contribution is -2.65. The fraction of sp³-hybridized carbons (Fsp3) is 0.346. The molecule has 1 saturated carbocycles. The van der Waals surface area contributed by atoms with Crippen molar-refractivity contribution >= 4 is 49.9 Å². The Labute approximate surface area is 230 Å². The van der Waals surface area contributed by atoms with Crippen LogP contribution in [-0.4, -0.2) is 58.3 Å². The monoisotopic (exact) mass is 572 g/mol. The molecule has 1 atom stereocenters. The number of hydrogen-bond acceptors (Lipinski definition) is 7. The quantitative estimate of drug-likeness (QED) is 0.308. The average Bonchev–Trinajstić information content (AvgIpc) is 3.22. The minimum atomic E-state index is -3.09. The summed E-state index contributed by atoms with van der Waals surface area (Å²) in [6.45, 7) is 3.13. The number of pyridine rings is 2. The molecule has 0 bridgehead atoms. The Kier molecular flexibility index (Phi) is 6.26. The number of sulfonamides is 1. The van der Waals surface area contributed by atoms with E-state index in [-0.39, 0.29) is 11.5 Å².